The van der Waals surface area contributed by atoms with E-state index in [9.17, 15) is 13.6 Å². The SMILES string of the molecule is COC(=O)Cc1cc(F)c(OC)cc1F. The zero-order valence-corrected chi connectivity index (χ0v) is 8.34. The van der Waals surface area contributed by atoms with E-state index < -0.39 is 17.6 Å². The number of esters is 1. The number of hydrogen-bond donors (Lipinski definition) is 0. The molecule has 0 amide bonds. The van der Waals surface area contributed by atoms with Crippen molar-refractivity contribution in [1.29, 1.82) is 0 Å². The molecule has 0 atom stereocenters. The standard InChI is InChI=1S/C10H10F2O3/c1-14-9-5-7(11)6(3-8(9)12)4-10(13)15-2/h3,5H,4H2,1-2H3. The molecule has 0 unspecified atom stereocenters. The lowest BCUT2D eigenvalue weighted by Crippen LogP contribution is -2.07. The Hall–Kier alpha value is -1.65. The van der Waals surface area contributed by atoms with E-state index in [1.54, 1.807) is 0 Å². The van der Waals surface area contributed by atoms with Crippen LogP contribution in [-0.2, 0) is 16.0 Å². The number of rotatable bonds is 3. The molecule has 0 saturated heterocycles. The average molecular weight is 216 g/mol. The Labute approximate surface area is 85.6 Å². The van der Waals surface area contributed by atoms with Crippen molar-refractivity contribution in [2.24, 2.45) is 0 Å². The molecule has 0 N–H and O–H groups in total. The molecule has 15 heavy (non-hydrogen) atoms. The van der Waals surface area contributed by atoms with Crippen molar-refractivity contribution < 1.29 is 23.0 Å². The van der Waals surface area contributed by atoms with Crippen LogP contribution in [0.15, 0.2) is 12.1 Å². The van der Waals surface area contributed by atoms with Crippen LogP contribution < -0.4 is 4.74 Å². The third-order valence-corrected chi connectivity index (χ3v) is 1.88. The van der Waals surface area contributed by atoms with Crippen LogP contribution in [0.3, 0.4) is 0 Å². The lowest BCUT2D eigenvalue weighted by Gasteiger charge is -2.06. The highest BCUT2D eigenvalue weighted by atomic mass is 19.1. The number of carbonyl (C=O) groups is 1. The molecule has 1 aromatic carbocycles. The average Bonchev–Trinajstić information content (AvgIpc) is 2.22. The molecule has 0 saturated carbocycles. The molecule has 0 heterocycles. The zero-order chi connectivity index (χ0) is 11.4. The quantitative estimate of drug-likeness (QED) is 0.721. The van der Waals surface area contributed by atoms with Gasteiger partial charge in [0.2, 0.25) is 0 Å². The Bertz CT molecular complexity index is 377. The summed E-state index contributed by atoms with van der Waals surface area (Å²) < 4.78 is 35.3. The molecule has 1 rings (SSSR count). The summed E-state index contributed by atoms with van der Waals surface area (Å²) in [6, 6.07) is 1.82. The van der Waals surface area contributed by atoms with Crippen molar-refractivity contribution in [2.75, 3.05) is 14.2 Å². The first-order valence-corrected chi connectivity index (χ1v) is 4.17. The Balaban J connectivity index is 3.00. The smallest absolute Gasteiger partial charge is 0.310 e. The van der Waals surface area contributed by atoms with Gasteiger partial charge in [-0.2, -0.15) is 0 Å². The summed E-state index contributed by atoms with van der Waals surface area (Å²) >= 11 is 0. The van der Waals surface area contributed by atoms with E-state index in [-0.39, 0.29) is 17.7 Å². The number of ether oxygens (including phenoxy) is 2. The summed E-state index contributed by atoms with van der Waals surface area (Å²) in [6.07, 6.45) is -0.302. The van der Waals surface area contributed by atoms with E-state index in [1.807, 2.05) is 0 Å². The fourth-order valence-corrected chi connectivity index (χ4v) is 1.09. The lowest BCUT2D eigenvalue weighted by atomic mass is 10.1. The maximum Gasteiger partial charge on any atom is 0.310 e. The first-order valence-electron chi connectivity index (χ1n) is 4.17. The van der Waals surface area contributed by atoms with E-state index in [0.29, 0.717) is 0 Å². The Morgan fingerprint density at radius 1 is 1.27 bits per heavy atom. The predicted octanol–water partition coefficient (Wildman–Crippen LogP) is 1.69. The first kappa shape index (κ1) is 11.4. The van der Waals surface area contributed by atoms with Gasteiger partial charge in [-0.1, -0.05) is 0 Å². The summed E-state index contributed by atoms with van der Waals surface area (Å²) in [6.45, 7) is 0. The number of halogens is 2. The van der Waals surface area contributed by atoms with E-state index >= 15 is 0 Å². The Kier molecular flexibility index (Phi) is 3.60. The van der Waals surface area contributed by atoms with Crippen LogP contribution in [0.2, 0.25) is 0 Å². The highest BCUT2D eigenvalue weighted by molar-refractivity contribution is 5.72. The highest BCUT2D eigenvalue weighted by Gasteiger charge is 2.13. The van der Waals surface area contributed by atoms with Gasteiger partial charge < -0.3 is 9.47 Å². The fraction of sp³-hybridized carbons (Fsp3) is 0.300. The number of hydrogen-bond acceptors (Lipinski definition) is 3. The van der Waals surface area contributed by atoms with Gasteiger partial charge in [-0.15, -0.1) is 0 Å². The molecule has 0 bridgehead atoms. The molecule has 0 aromatic heterocycles. The van der Waals surface area contributed by atoms with E-state index in [2.05, 4.69) is 9.47 Å². The van der Waals surface area contributed by atoms with Crippen molar-refractivity contribution in [3.63, 3.8) is 0 Å². The van der Waals surface area contributed by atoms with Gasteiger partial charge in [-0.05, 0) is 6.07 Å². The minimum Gasteiger partial charge on any atom is -0.494 e. The van der Waals surface area contributed by atoms with Crippen molar-refractivity contribution in [3.05, 3.63) is 29.3 Å². The van der Waals surface area contributed by atoms with Crippen LogP contribution >= 0.6 is 0 Å². The number of benzene rings is 1. The second-order valence-corrected chi connectivity index (χ2v) is 2.83. The Morgan fingerprint density at radius 2 is 1.93 bits per heavy atom. The van der Waals surface area contributed by atoms with E-state index in [1.165, 1.54) is 14.2 Å². The topological polar surface area (TPSA) is 35.5 Å². The first-order chi connectivity index (χ1) is 7.08. The fourth-order valence-electron chi connectivity index (χ4n) is 1.09. The second-order valence-electron chi connectivity index (χ2n) is 2.83. The minimum atomic E-state index is -0.710. The molecule has 0 aliphatic carbocycles. The molecule has 3 nitrogen and oxygen atoms in total. The maximum absolute atomic E-state index is 13.3. The van der Waals surface area contributed by atoms with Gasteiger partial charge in [-0.3, -0.25) is 4.79 Å². The molecule has 0 fully saturated rings. The van der Waals surface area contributed by atoms with Gasteiger partial charge in [0.05, 0.1) is 20.6 Å². The molecule has 82 valence electrons. The summed E-state index contributed by atoms with van der Waals surface area (Å²) in [5.74, 6) is -2.23. The molecule has 1 aromatic rings. The second kappa shape index (κ2) is 4.72. The molecule has 0 spiro atoms. The van der Waals surface area contributed by atoms with Crippen molar-refractivity contribution in [2.45, 2.75) is 6.42 Å². The van der Waals surface area contributed by atoms with Gasteiger partial charge in [0.15, 0.2) is 11.6 Å². The van der Waals surface area contributed by atoms with E-state index in [0.717, 1.165) is 12.1 Å². The molecule has 0 radical (unpaired) electrons. The minimum absolute atomic E-state index is 0.0554. The molecule has 0 aliphatic rings. The third-order valence-electron chi connectivity index (χ3n) is 1.88. The lowest BCUT2D eigenvalue weighted by molar-refractivity contribution is -0.139. The molecular weight excluding hydrogens is 206 g/mol. The van der Waals surface area contributed by atoms with Gasteiger partial charge in [0.1, 0.15) is 5.82 Å². The van der Waals surface area contributed by atoms with Crippen LogP contribution in [0.4, 0.5) is 8.78 Å². The van der Waals surface area contributed by atoms with E-state index in [4.69, 9.17) is 0 Å². The van der Waals surface area contributed by atoms with Gasteiger partial charge in [-0.25, -0.2) is 8.78 Å². The van der Waals surface area contributed by atoms with Crippen LogP contribution in [0.5, 0.6) is 5.75 Å². The van der Waals surface area contributed by atoms with Crippen LogP contribution in [0.25, 0.3) is 0 Å². The van der Waals surface area contributed by atoms with Crippen LogP contribution in [0.1, 0.15) is 5.56 Å². The van der Waals surface area contributed by atoms with Crippen molar-refractivity contribution in [3.8, 4) is 5.75 Å². The van der Waals surface area contributed by atoms with Gasteiger partial charge in [0.25, 0.3) is 0 Å². The predicted molar refractivity (Wildman–Crippen MR) is 48.6 cm³/mol. The van der Waals surface area contributed by atoms with Gasteiger partial charge >= 0.3 is 5.97 Å². The van der Waals surface area contributed by atoms with Crippen molar-refractivity contribution in [1.82, 2.24) is 0 Å². The Morgan fingerprint density at radius 3 is 2.47 bits per heavy atom. The third kappa shape index (κ3) is 2.65. The summed E-state index contributed by atoms with van der Waals surface area (Å²) in [7, 11) is 2.41. The number of carbonyl (C=O) groups excluding carboxylic acids is 1. The largest absolute Gasteiger partial charge is 0.494 e. The monoisotopic (exact) mass is 216 g/mol. The molecule has 5 heteroatoms. The highest BCUT2D eigenvalue weighted by Crippen LogP contribution is 2.21. The van der Waals surface area contributed by atoms with Crippen LogP contribution in [0, 0.1) is 11.6 Å². The van der Waals surface area contributed by atoms with Crippen molar-refractivity contribution >= 4 is 5.97 Å². The zero-order valence-electron chi connectivity index (χ0n) is 8.34. The van der Waals surface area contributed by atoms with Crippen LogP contribution in [-0.4, -0.2) is 20.2 Å². The molecule has 0 aliphatic heterocycles. The number of methoxy groups -OCH3 is 2. The molecular formula is C10H10F2O3. The maximum atomic E-state index is 13.3. The summed E-state index contributed by atoms with van der Waals surface area (Å²) in [4.78, 5) is 10.9. The summed E-state index contributed by atoms with van der Waals surface area (Å²) in [5.41, 5.74) is -0.0554. The van der Waals surface area contributed by atoms with Gasteiger partial charge in [0, 0.05) is 11.6 Å². The summed E-state index contributed by atoms with van der Waals surface area (Å²) in [5, 5.41) is 0. The normalized spacial score (nSPS) is 9.87.